The Hall–Kier alpha value is -2.73. The van der Waals surface area contributed by atoms with Crippen molar-refractivity contribution in [3.8, 4) is 0 Å². The lowest BCUT2D eigenvalue weighted by atomic mass is 10.0. The average molecular weight is 330 g/mol. The van der Waals surface area contributed by atoms with E-state index in [0.29, 0.717) is 5.56 Å². The molecule has 2 aromatic carbocycles. The molecule has 126 valence electrons. The topological polar surface area (TPSA) is 78.4 Å². The van der Waals surface area contributed by atoms with Gasteiger partial charge in [-0.3, -0.25) is 9.59 Å². The van der Waals surface area contributed by atoms with E-state index in [2.05, 4.69) is 10.6 Å². The maximum absolute atomic E-state index is 13.4. The highest BCUT2D eigenvalue weighted by Crippen LogP contribution is 2.18. The van der Waals surface area contributed by atoms with Crippen molar-refractivity contribution >= 4 is 17.5 Å². The number of anilines is 1. The molecule has 2 rings (SSSR count). The molecule has 0 saturated carbocycles. The fraction of sp³-hybridized carbons (Fsp3) is 0.222. The first kappa shape index (κ1) is 17.6. The third-order valence-corrected chi connectivity index (χ3v) is 3.73. The van der Waals surface area contributed by atoms with Crippen molar-refractivity contribution in [3.63, 3.8) is 0 Å². The molecule has 0 aliphatic heterocycles. The smallest absolute Gasteiger partial charge is 0.313 e. The molecule has 1 atom stereocenters. The summed E-state index contributed by atoms with van der Waals surface area (Å²) in [6, 6.07) is 11.4. The second-order valence-electron chi connectivity index (χ2n) is 5.45. The molecular weight excluding hydrogens is 311 g/mol. The van der Waals surface area contributed by atoms with Gasteiger partial charge < -0.3 is 15.7 Å². The molecule has 0 aliphatic rings. The quantitative estimate of drug-likeness (QED) is 0.752. The highest BCUT2D eigenvalue weighted by molar-refractivity contribution is 6.39. The minimum absolute atomic E-state index is 0.0980. The summed E-state index contributed by atoms with van der Waals surface area (Å²) in [7, 11) is 0. The molecule has 2 amide bonds. The molecule has 0 aromatic heterocycles. The van der Waals surface area contributed by atoms with Crippen molar-refractivity contribution in [2.75, 3.05) is 11.9 Å². The molecular formula is C18H19FN2O3. The maximum Gasteiger partial charge on any atom is 0.313 e. The summed E-state index contributed by atoms with van der Waals surface area (Å²) < 4.78 is 13.4. The van der Waals surface area contributed by atoms with Crippen LogP contribution in [0.3, 0.4) is 0 Å². The Kier molecular flexibility index (Phi) is 5.65. The van der Waals surface area contributed by atoms with Crippen LogP contribution in [0.25, 0.3) is 0 Å². The number of rotatable bonds is 4. The summed E-state index contributed by atoms with van der Waals surface area (Å²) in [5, 5.41) is 14.8. The van der Waals surface area contributed by atoms with Crippen LogP contribution < -0.4 is 10.6 Å². The molecule has 0 saturated heterocycles. The number of aliphatic hydroxyl groups excluding tert-OH is 1. The van der Waals surface area contributed by atoms with Crippen LogP contribution in [-0.2, 0) is 9.59 Å². The zero-order chi connectivity index (χ0) is 17.7. The van der Waals surface area contributed by atoms with Crippen molar-refractivity contribution < 1.29 is 19.1 Å². The summed E-state index contributed by atoms with van der Waals surface area (Å²) in [5.41, 5.74) is 2.05. The molecule has 0 fully saturated rings. The second kappa shape index (κ2) is 7.70. The fourth-order valence-electron chi connectivity index (χ4n) is 2.26. The van der Waals surface area contributed by atoms with Gasteiger partial charge in [0, 0.05) is 17.8 Å². The van der Waals surface area contributed by atoms with Crippen molar-refractivity contribution in [1.82, 2.24) is 5.32 Å². The highest BCUT2D eigenvalue weighted by atomic mass is 19.1. The van der Waals surface area contributed by atoms with Gasteiger partial charge in [0.2, 0.25) is 0 Å². The molecule has 0 aliphatic carbocycles. The number of carbonyl (C=O) groups is 2. The van der Waals surface area contributed by atoms with Crippen LogP contribution in [0.5, 0.6) is 0 Å². The van der Waals surface area contributed by atoms with Crippen LogP contribution in [0.15, 0.2) is 42.5 Å². The van der Waals surface area contributed by atoms with E-state index in [-0.39, 0.29) is 17.8 Å². The zero-order valence-electron chi connectivity index (χ0n) is 13.5. The molecule has 0 spiro atoms. The SMILES string of the molecule is Cc1ccccc1C(O)CNC(=O)C(=O)Nc1cccc(F)c1C. The van der Waals surface area contributed by atoms with Gasteiger partial charge in [0.05, 0.1) is 6.10 Å². The molecule has 3 N–H and O–H groups in total. The number of hydrogen-bond acceptors (Lipinski definition) is 3. The van der Waals surface area contributed by atoms with Crippen LogP contribution in [-0.4, -0.2) is 23.5 Å². The van der Waals surface area contributed by atoms with Gasteiger partial charge in [-0.15, -0.1) is 0 Å². The Bertz CT molecular complexity index is 762. The molecule has 6 heteroatoms. The number of aryl methyl sites for hydroxylation is 1. The Morgan fingerprint density at radius 2 is 1.79 bits per heavy atom. The van der Waals surface area contributed by atoms with E-state index in [1.807, 2.05) is 19.1 Å². The largest absolute Gasteiger partial charge is 0.387 e. The number of hydrogen-bond donors (Lipinski definition) is 3. The monoisotopic (exact) mass is 330 g/mol. The third-order valence-electron chi connectivity index (χ3n) is 3.73. The number of amides is 2. The predicted octanol–water partition coefficient (Wildman–Crippen LogP) is 2.23. The summed E-state index contributed by atoms with van der Waals surface area (Å²) >= 11 is 0. The molecule has 0 heterocycles. The number of nitrogens with one attached hydrogen (secondary N) is 2. The van der Waals surface area contributed by atoms with E-state index in [4.69, 9.17) is 0 Å². The van der Waals surface area contributed by atoms with Crippen LogP contribution >= 0.6 is 0 Å². The van der Waals surface area contributed by atoms with Gasteiger partial charge >= 0.3 is 11.8 Å². The summed E-state index contributed by atoms with van der Waals surface area (Å²) in [6.45, 7) is 3.25. The van der Waals surface area contributed by atoms with Gasteiger partial charge in [0.15, 0.2) is 0 Å². The van der Waals surface area contributed by atoms with Gasteiger partial charge in [-0.2, -0.15) is 0 Å². The first-order chi connectivity index (χ1) is 11.4. The minimum Gasteiger partial charge on any atom is -0.387 e. The Labute approximate surface area is 139 Å². The van der Waals surface area contributed by atoms with Crippen LogP contribution in [0.1, 0.15) is 22.8 Å². The summed E-state index contributed by atoms with van der Waals surface area (Å²) in [5.74, 6) is -2.28. The number of benzene rings is 2. The van der Waals surface area contributed by atoms with Gasteiger partial charge in [-0.1, -0.05) is 30.3 Å². The molecule has 1 unspecified atom stereocenters. The van der Waals surface area contributed by atoms with Gasteiger partial charge in [0.1, 0.15) is 5.82 Å². The predicted molar refractivity (Wildman–Crippen MR) is 88.9 cm³/mol. The normalized spacial score (nSPS) is 11.7. The first-order valence-electron chi connectivity index (χ1n) is 7.48. The van der Waals surface area contributed by atoms with Crippen LogP contribution in [0, 0.1) is 19.7 Å². The Balaban J connectivity index is 1.94. The molecule has 2 aromatic rings. The lowest BCUT2D eigenvalue weighted by molar-refractivity contribution is -0.136. The molecule has 24 heavy (non-hydrogen) atoms. The Morgan fingerprint density at radius 1 is 1.08 bits per heavy atom. The lowest BCUT2D eigenvalue weighted by Gasteiger charge is -2.14. The van der Waals surface area contributed by atoms with E-state index in [0.717, 1.165) is 5.56 Å². The van der Waals surface area contributed by atoms with Gasteiger partial charge in [-0.25, -0.2) is 4.39 Å². The van der Waals surface area contributed by atoms with Crippen molar-refractivity contribution in [1.29, 1.82) is 0 Å². The maximum atomic E-state index is 13.4. The second-order valence-corrected chi connectivity index (χ2v) is 5.45. The van der Waals surface area contributed by atoms with Crippen molar-refractivity contribution in [3.05, 3.63) is 65.0 Å². The van der Waals surface area contributed by atoms with Crippen molar-refractivity contribution in [2.24, 2.45) is 0 Å². The van der Waals surface area contributed by atoms with E-state index >= 15 is 0 Å². The van der Waals surface area contributed by atoms with Crippen LogP contribution in [0.4, 0.5) is 10.1 Å². The minimum atomic E-state index is -0.918. The van der Waals surface area contributed by atoms with Crippen LogP contribution in [0.2, 0.25) is 0 Å². The highest BCUT2D eigenvalue weighted by Gasteiger charge is 2.17. The van der Waals surface area contributed by atoms with E-state index in [1.54, 1.807) is 12.1 Å². The number of halogens is 1. The van der Waals surface area contributed by atoms with Gasteiger partial charge in [-0.05, 0) is 37.1 Å². The molecule has 5 nitrogen and oxygen atoms in total. The third kappa shape index (κ3) is 4.17. The average Bonchev–Trinajstić information content (AvgIpc) is 2.56. The molecule has 0 bridgehead atoms. The number of aliphatic hydroxyl groups is 1. The standard InChI is InChI=1S/C18H19FN2O3/c1-11-6-3-4-7-13(11)16(22)10-20-17(23)18(24)21-15-9-5-8-14(19)12(15)2/h3-9,16,22H,10H2,1-2H3,(H,20,23)(H,21,24). The van der Waals surface area contributed by atoms with Gasteiger partial charge in [0.25, 0.3) is 0 Å². The van der Waals surface area contributed by atoms with Crippen molar-refractivity contribution in [2.45, 2.75) is 20.0 Å². The summed E-state index contributed by atoms with van der Waals surface area (Å²) in [4.78, 5) is 23.7. The van der Waals surface area contributed by atoms with E-state index in [1.165, 1.54) is 25.1 Å². The lowest BCUT2D eigenvalue weighted by Crippen LogP contribution is -2.37. The number of carbonyl (C=O) groups excluding carboxylic acids is 2. The van der Waals surface area contributed by atoms with E-state index < -0.39 is 23.7 Å². The summed E-state index contributed by atoms with van der Waals surface area (Å²) in [6.07, 6.45) is -0.918. The zero-order valence-corrected chi connectivity index (χ0v) is 13.5. The molecule has 0 radical (unpaired) electrons. The fourth-order valence-corrected chi connectivity index (χ4v) is 2.26. The first-order valence-corrected chi connectivity index (χ1v) is 7.48. The Morgan fingerprint density at radius 3 is 2.50 bits per heavy atom. The van der Waals surface area contributed by atoms with E-state index in [9.17, 15) is 19.1 Å².